The highest BCUT2D eigenvalue weighted by Crippen LogP contribution is 2.21. The van der Waals surface area contributed by atoms with Crippen LogP contribution in [-0.2, 0) is 16.1 Å². The van der Waals surface area contributed by atoms with Crippen molar-refractivity contribution in [2.75, 3.05) is 11.9 Å². The van der Waals surface area contributed by atoms with Crippen LogP contribution in [0, 0.1) is 0 Å². The van der Waals surface area contributed by atoms with Gasteiger partial charge in [0.2, 0.25) is 5.91 Å². The molecule has 0 aromatic carbocycles. The van der Waals surface area contributed by atoms with Crippen molar-refractivity contribution in [2.45, 2.75) is 38.2 Å². The molecule has 2 rings (SSSR count). The molecule has 1 aromatic rings. The maximum Gasteiger partial charge on any atom is 0.349 e. The normalized spacial score (nSPS) is 25.6. The van der Waals surface area contributed by atoms with E-state index in [2.05, 4.69) is 10.3 Å². The molecule has 0 bridgehead atoms. The van der Waals surface area contributed by atoms with Crippen molar-refractivity contribution in [3.63, 3.8) is 0 Å². The van der Waals surface area contributed by atoms with Crippen LogP contribution >= 0.6 is 0 Å². The summed E-state index contributed by atoms with van der Waals surface area (Å²) in [6.07, 6.45) is 0.163. The Labute approximate surface area is 115 Å². The van der Waals surface area contributed by atoms with Crippen LogP contribution in [0.1, 0.15) is 13.3 Å². The van der Waals surface area contributed by atoms with E-state index in [1.54, 1.807) is 0 Å². The first kappa shape index (κ1) is 14.6. The van der Waals surface area contributed by atoms with Gasteiger partial charge in [-0.3, -0.25) is 9.36 Å². The Balaban J connectivity index is 2.04. The fourth-order valence-electron chi connectivity index (χ4n) is 2.13. The maximum atomic E-state index is 11.8. The second kappa shape index (κ2) is 6.12. The minimum atomic E-state index is -0.729. The average Bonchev–Trinajstić information content (AvgIpc) is 2.72. The molecule has 3 atom stereocenters. The maximum absolute atomic E-state index is 11.8. The van der Waals surface area contributed by atoms with E-state index in [9.17, 15) is 14.7 Å². The van der Waals surface area contributed by atoms with Crippen LogP contribution in [0.2, 0.25) is 0 Å². The molecule has 1 aliphatic heterocycles. The number of anilines is 1. The number of ether oxygens (including phenoxy) is 1. The average molecular weight is 283 g/mol. The van der Waals surface area contributed by atoms with Gasteiger partial charge in [0.1, 0.15) is 11.9 Å². The zero-order valence-corrected chi connectivity index (χ0v) is 11.0. The second-order valence-corrected chi connectivity index (χ2v) is 4.71. The Kier molecular flexibility index (Phi) is 4.48. The molecule has 110 valence electrons. The van der Waals surface area contributed by atoms with Gasteiger partial charge in [0.05, 0.1) is 25.4 Å². The number of rotatable bonds is 4. The standard InChI is InChI=1S/C12H17N3O5/c1-7(17)13-11-2-3-15(12(19)14-11)5-8-4-9(18)10(6-16)20-8/h2-3,8-10,16,18H,4-6H2,1H3,(H,13,14,17,19)/t8?,9-,10?/m0/s1. The molecule has 8 heteroatoms. The highest BCUT2D eigenvalue weighted by atomic mass is 16.5. The lowest BCUT2D eigenvalue weighted by Crippen LogP contribution is -2.29. The minimum absolute atomic E-state index is 0.194. The van der Waals surface area contributed by atoms with Crippen LogP contribution in [0.4, 0.5) is 5.82 Å². The molecule has 0 spiro atoms. The van der Waals surface area contributed by atoms with E-state index in [1.165, 1.54) is 23.8 Å². The van der Waals surface area contributed by atoms with Gasteiger partial charge in [-0.2, -0.15) is 4.98 Å². The van der Waals surface area contributed by atoms with Crippen LogP contribution in [0.25, 0.3) is 0 Å². The van der Waals surface area contributed by atoms with Crippen LogP contribution in [-0.4, -0.2) is 50.6 Å². The molecule has 2 heterocycles. The number of amides is 1. The Bertz CT molecular complexity index is 544. The number of aliphatic hydroxyl groups is 2. The van der Waals surface area contributed by atoms with Crippen LogP contribution in [0.5, 0.6) is 0 Å². The first-order valence-electron chi connectivity index (χ1n) is 6.29. The summed E-state index contributed by atoms with van der Waals surface area (Å²) in [5.74, 6) is -0.109. The van der Waals surface area contributed by atoms with E-state index in [4.69, 9.17) is 9.84 Å². The van der Waals surface area contributed by atoms with Crippen molar-refractivity contribution in [2.24, 2.45) is 0 Å². The van der Waals surface area contributed by atoms with Gasteiger partial charge in [-0.25, -0.2) is 4.79 Å². The molecule has 20 heavy (non-hydrogen) atoms. The number of carbonyl (C=O) groups is 1. The molecule has 0 saturated carbocycles. The summed E-state index contributed by atoms with van der Waals surface area (Å²) >= 11 is 0. The number of nitrogens with one attached hydrogen (secondary N) is 1. The lowest BCUT2D eigenvalue weighted by Gasteiger charge is -2.13. The van der Waals surface area contributed by atoms with E-state index >= 15 is 0 Å². The van der Waals surface area contributed by atoms with Crippen molar-refractivity contribution < 1.29 is 19.7 Å². The number of aliphatic hydroxyl groups excluding tert-OH is 2. The molecule has 8 nitrogen and oxygen atoms in total. The quantitative estimate of drug-likeness (QED) is 0.634. The number of nitrogens with zero attached hydrogens (tertiary/aromatic N) is 2. The monoisotopic (exact) mass is 283 g/mol. The Hall–Kier alpha value is -1.77. The molecular weight excluding hydrogens is 266 g/mol. The Morgan fingerprint density at radius 2 is 2.40 bits per heavy atom. The minimum Gasteiger partial charge on any atom is -0.394 e. The predicted octanol–water partition coefficient (Wildman–Crippen LogP) is -1.29. The highest BCUT2D eigenvalue weighted by Gasteiger charge is 2.33. The summed E-state index contributed by atoms with van der Waals surface area (Å²) in [6, 6.07) is 1.51. The van der Waals surface area contributed by atoms with Crippen molar-refractivity contribution in [1.29, 1.82) is 0 Å². The third-order valence-corrected chi connectivity index (χ3v) is 3.06. The highest BCUT2D eigenvalue weighted by molar-refractivity contribution is 5.87. The molecule has 2 unspecified atom stereocenters. The molecular formula is C12H17N3O5. The molecule has 1 fully saturated rings. The summed E-state index contributed by atoms with van der Waals surface area (Å²) in [5.41, 5.74) is -0.512. The third-order valence-electron chi connectivity index (χ3n) is 3.06. The lowest BCUT2D eigenvalue weighted by atomic mass is 10.1. The first-order valence-corrected chi connectivity index (χ1v) is 6.29. The van der Waals surface area contributed by atoms with Crippen molar-refractivity contribution in [1.82, 2.24) is 9.55 Å². The molecule has 1 amide bonds. The number of carbonyl (C=O) groups excluding carboxylic acids is 1. The van der Waals surface area contributed by atoms with Gasteiger partial charge in [0.15, 0.2) is 0 Å². The van der Waals surface area contributed by atoms with Crippen molar-refractivity contribution >= 4 is 11.7 Å². The fraction of sp³-hybridized carbons (Fsp3) is 0.583. The summed E-state index contributed by atoms with van der Waals surface area (Å²) in [4.78, 5) is 26.4. The molecule has 3 N–H and O–H groups in total. The first-order chi connectivity index (χ1) is 9.49. The lowest BCUT2D eigenvalue weighted by molar-refractivity contribution is -0.114. The third kappa shape index (κ3) is 3.41. The van der Waals surface area contributed by atoms with Gasteiger partial charge >= 0.3 is 5.69 Å². The van der Waals surface area contributed by atoms with E-state index in [0.717, 1.165) is 0 Å². The van der Waals surface area contributed by atoms with Crippen LogP contribution in [0.15, 0.2) is 17.1 Å². The zero-order chi connectivity index (χ0) is 14.7. The number of hydrogen-bond donors (Lipinski definition) is 3. The number of hydrogen-bond acceptors (Lipinski definition) is 6. The second-order valence-electron chi connectivity index (χ2n) is 4.71. The van der Waals surface area contributed by atoms with Gasteiger partial charge in [0.25, 0.3) is 0 Å². The van der Waals surface area contributed by atoms with Crippen LogP contribution < -0.4 is 11.0 Å². The van der Waals surface area contributed by atoms with Gasteiger partial charge < -0.3 is 20.3 Å². The smallest absolute Gasteiger partial charge is 0.349 e. The molecule has 1 aliphatic rings. The summed E-state index contributed by atoms with van der Waals surface area (Å²) in [7, 11) is 0. The van der Waals surface area contributed by atoms with Crippen molar-refractivity contribution in [3.05, 3.63) is 22.7 Å². The van der Waals surface area contributed by atoms with E-state index in [0.29, 0.717) is 6.42 Å². The van der Waals surface area contributed by atoms with E-state index < -0.39 is 17.9 Å². The predicted molar refractivity (Wildman–Crippen MR) is 69.2 cm³/mol. The van der Waals surface area contributed by atoms with E-state index in [1.807, 2.05) is 0 Å². The summed E-state index contributed by atoms with van der Waals surface area (Å²) in [5, 5.41) is 21.0. The van der Waals surface area contributed by atoms with E-state index in [-0.39, 0.29) is 31.0 Å². The topological polar surface area (TPSA) is 114 Å². The molecule has 0 aliphatic carbocycles. The molecule has 0 radical (unpaired) electrons. The molecule has 1 saturated heterocycles. The molecule has 1 aromatic heterocycles. The SMILES string of the molecule is CC(=O)Nc1ccn(CC2C[C@H](O)C(CO)O2)c(=O)n1. The summed E-state index contributed by atoms with van der Waals surface area (Å²) in [6.45, 7) is 1.31. The van der Waals surface area contributed by atoms with Crippen molar-refractivity contribution in [3.8, 4) is 0 Å². The van der Waals surface area contributed by atoms with Gasteiger partial charge in [-0.15, -0.1) is 0 Å². The Morgan fingerprint density at radius 1 is 1.65 bits per heavy atom. The van der Waals surface area contributed by atoms with Gasteiger partial charge in [0, 0.05) is 19.5 Å². The number of aromatic nitrogens is 2. The van der Waals surface area contributed by atoms with Crippen LogP contribution in [0.3, 0.4) is 0 Å². The Morgan fingerprint density at radius 3 is 2.95 bits per heavy atom. The fourth-order valence-corrected chi connectivity index (χ4v) is 2.13. The summed E-state index contributed by atoms with van der Waals surface area (Å²) < 4.78 is 6.76. The largest absolute Gasteiger partial charge is 0.394 e. The zero-order valence-electron chi connectivity index (χ0n) is 11.0. The van der Waals surface area contributed by atoms with Gasteiger partial charge in [-0.1, -0.05) is 0 Å². The van der Waals surface area contributed by atoms with Gasteiger partial charge in [-0.05, 0) is 6.07 Å².